The second kappa shape index (κ2) is 9.77. The highest BCUT2D eigenvalue weighted by Gasteiger charge is 2.31. The minimum absolute atomic E-state index is 0.0406. The van der Waals surface area contributed by atoms with E-state index in [9.17, 15) is 17.6 Å². The van der Waals surface area contributed by atoms with E-state index in [1.807, 2.05) is 45.0 Å². The number of pyridine rings is 1. The lowest BCUT2D eigenvalue weighted by molar-refractivity contribution is -0.274. The molecular formula is C28H23F4N5O. The van der Waals surface area contributed by atoms with E-state index < -0.39 is 12.2 Å². The van der Waals surface area contributed by atoms with Crippen LogP contribution in [0, 0.1) is 12.7 Å². The molecule has 5 rings (SSSR count). The van der Waals surface area contributed by atoms with Crippen LogP contribution in [0.3, 0.4) is 0 Å². The van der Waals surface area contributed by atoms with Gasteiger partial charge in [-0.1, -0.05) is 0 Å². The maximum atomic E-state index is 14.4. The molecule has 0 amide bonds. The van der Waals surface area contributed by atoms with Crippen molar-refractivity contribution in [2.24, 2.45) is 4.99 Å². The van der Waals surface area contributed by atoms with E-state index in [1.54, 1.807) is 16.8 Å². The zero-order valence-electron chi connectivity index (χ0n) is 20.7. The van der Waals surface area contributed by atoms with Gasteiger partial charge >= 0.3 is 6.36 Å². The van der Waals surface area contributed by atoms with Crippen molar-refractivity contribution < 1.29 is 22.3 Å². The highest BCUT2D eigenvalue weighted by atomic mass is 19.4. The van der Waals surface area contributed by atoms with E-state index >= 15 is 0 Å². The van der Waals surface area contributed by atoms with Crippen LogP contribution >= 0.6 is 0 Å². The molecule has 0 radical (unpaired) electrons. The normalized spacial score (nSPS) is 12.5. The summed E-state index contributed by atoms with van der Waals surface area (Å²) in [5.41, 5.74) is 4.95. The second-order valence-electron chi connectivity index (χ2n) is 8.96. The molecule has 2 heterocycles. The highest BCUT2D eigenvalue weighted by molar-refractivity contribution is 5.84. The molecular weight excluding hydrogens is 498 g/mol. The predicted octanol–water partition coefficient (Wildman–Crippen LogP) is 6.92. The Kier molecular flexibility index (Phi) is 6.48. The van der Waals surface area contributed by atoms with Gasteiger partial charge in [0.25, 0.3) is 0 Å². The summed E-state index contributed by atoms with van der Waals surface area (Å²) in [7, 11) is 0. The van der Waals surface area contributed by atoms with Gasteiger partial charge in [0.15, 0.2) is 0 Å². The molecule has 1 N–H and O–H groups in total. The average molecular weight is 522 g/mol. The number of rotatable bonds is 5. The minimum Gasteiger partial charge on any atom is -0.406 e. The van der Waals surface area contributed by atoms with Crippen molar-refractivity contribution in [3.05, 3.63) is 89.8 Å². The number of alkyl halides is 3. The van der Waals surface area contributed by atoms with Crippen LogP contribution in [0.1, 0.15) is 19.5 Å². The third-order valence-electron chi connectivity index (χ3n) is 5.76. The molecule has 2 aliphatic rings. The van der Waals surface area contributed by atoms with E-state index in [1.165, 1.54) is 36.4 Å². The number of halogens is 4. The van der Waals surface area contributed by atoms with Gasteiger partial charge in [0.05, 0.1) is 44.8 Å². The number of hydrogen-bond donors (Lipinski definition) is 1. The zero-order valence-corrected chi connectivity index (χ0v) is 20.7. The van der Waals surface area contributed by atoms with Crippen LogP contribution in [0.4, 0.5) is 28.9 Å². The monoisotopic (exact) mass is 521 g/mol. The first-order chi connectivity index (χ1) is 18.1. The van der Waals surface area contributed by atoms with Crippen molar-refractivity contribution >= 4 is 22.4 Å². The van der Waals surface area contributed by atoms with Gasteiger partial charge in [-0.2, -0.15) is 0 Å². The Hall–Kier alpha value is -4.47. The van der Waals surface area contributed by atoms with E-state index in [0.29, 0.717) is 39.2 Å². The molecule has 38 heavy (non-hydrogen) atoms. The van der Waals surface area contributed by atoms with Crippen molar-refractivity contribution in [2.75, 3.05) is 5.32 Å². The SMILES string of the molecule is Cc1ncccc1Nc1cc2nc3ccc(F)cc3n(-c3ccc(OC(F)(F)F)cc3)c-2c/c1=N\C(C)C. The zero-order chi connectivity index (χ0) is 27.0. The third kappa shape index (κ3) is 5.29. The first-order valence-electron chi connectivity index (χ1n) is 11.8. The first kappa shape index (κ1) is 25.2. The van der Waals surface area contributed by atoms with Gasteiger partial charge in [0.2, 0.25) is 0 Å². The average Bonchev–Trinajstić information content (AvgIpc) is 2.84. The van der Waals surface area contributed by atoms with Gasteiger partial charge < -0.3 is 14.6 Å². The van der Waals surface area contributed by atoms with Gasteiger partial charge in [-0.15, -0.1) is 13.2 Å². The number of hydrogen-bond acceptors (Lipinski definition) is 5. The standard InChI is InChI=1S/C28H23F4N5O/c1-16(2)34-24-15-27-25(14-23(24)35-21-5-4-12-33-17(21)3)36-22-11-6-18(29)13-26(22)37(27)19-7-9-20(10-8-19)38-28(30,31)32/h4-16,35H,1-3H3/b34-24+. The number of anilines is 2. The summed E-state index contributed by atoms with van der Waals surface area (Å²) in [6.45, 7) is 5.79. The summed E-state index contributed by atoms with van der Waals surface area (Å²) in [5, 5.41) is 4.03. The molecule has 1 aromatic heterocycles. The van der Waals surface area contributed by atoms with E-state index in [2.05, 4.69) is 15.0 Å². The van der Waals surface area contributed by atoms with E-state index in [4.69, 9.17) is 9.98 Å². The smallest absolute Gasteiger partial charge is 0.406 e. The molecule has 3 aromatic rings. The Bertz CT molecular complexity index is 1660. The van der Waals surface area contributed by atoms with Crippen molar-refractivity contribution in [1.29, 1.82) is 0 Å². The van der Waals surface area contributed by atoms with Crippen LogP contribution in [0.15, 0.2) is 77.9 Å². The number of nitrogens with one attached hydrogen (secondary N) is 1. The van der Waals surface area contributed by atoms with Crippen LogP contribution in [0.5, 0.6) is 5.75 Å². The van der Waals surface area contributed by atoms with Gasteiger partial charge in [0.1, 0.15) is 11.6 Å². The maximum Gasteiger partial charge on any atom is 0.573 e. The fraction of sp³-hybridized carbons (Fsp3) is 0.179. The predicted molar refractivity (Wildman–Crippen MR) is 137 cm³/mol. The molecule has 1 aliphatic heterocycles. The van der Waals surface area contributed by atoms with Crippen LogP contribution in [-0.2, 0) is 0 Å². The lowest BCUT2D eigenvalue weighted by atomic mass is 10.1. The Balaban J connectivity index is 1.77. The molecule has 1 aliphatic carbocycles. The maximum absolute atomic E-state index is 14.4. The molecule has 0 saturated carbocycles. The second-order valence-corrected chi connectivity index (χ2v) is 8.96. The summed E-state index contributed by atoms with van der Waals surface area (Å²) in [4.78, 5) is 13.9. The quantitative estimate of drug-likeness (QED) is 0.201. The van der Waals surface area contributed by atoms with Gasteiger partial charge in [-0.05, 0) is 81.4 Å². The number of fused-ring (bicyclic) bond motifs is 2. The van der Waals surface area contributed by atoms with E-state index in [0.717, 1.165) is 11.4 Å². The molecule has 2 aromatic carbocycles. The molecule has 0 fully saturated rings. The minimum atomic E-state index is -4.81. The fourth-order valence-electron chi connectivity index (χ4n) is 4.19. The van der Waals surface area contributed by atoms with Gasteiger partial charge in [-0.3, -0.25) is 9.98 Å². The van der Waals surface area contributed by atoms with Crippen LogP contribution in [0.25, 0.3) is 28.1 Å². The summed E-state index contributed by atoms with van der Waals surface area (Å²) in [6, 6.07) is 17.0. The van der Waals surface area contributed by atoms with Crippen molar-refractivity contribution in [1.82, 2.24) is 14.5 Å². The van der Waals surface area contributed by atoms with Crippen LogP contribution in [-0.4, -0.2) is 26.9 Å². The topological polar surface area (TPSA) is 64.3 Å². The number of aromatic nitrogens is 3. The summed E-state index contributed by atoms with van der Waals surface area (Å²) in [5.74, 6) is -0.827. The molecule has 0 unspecified atom stereocenters. The molecule has 6 nitrogen and oxygen atoms in total. The lowest BCUT2D eigenvalue weighted by Gasteiger charge is -2.21. The summed E-state index contributed by atoms with van der Waals surface area (Å²) < 4.78 is 58.2. The first-order valence-corrected chi connectivity index (χ1v) is 11.8. The summed E-state index contributed by atoms with van der Waals surface area (Å²) in [6.07, 6.45) is -3.10. The Morgan fingerprint density at radius 2 is 1.74 bits per heavy atom. The van der Waals surface area contributed by atoms with Gasteiger partial charge in [0, 0.05) is 24.0 Å². The largest absolute Gasteiger partial charge is 0.573 e. The lowest BCUT2D eigenvalue weighted by Crippen LogP contribution is -2.17. The van der Waals surface area contributed by atoms with Crippen molar-refractivity contribution in [3.8, 4) is 22.8 Å². The molecule has 10 heteroatoms. The van der Waals surface area contributed by atoms with Crippen molar-refractivity contribution in [3.63, 3.8) is 0 Å². The number of aryl methyl sites for hydroxylation is 1. The molecule has 0 spiro atoms. The van der Waals surface area contributed by atoms with Gasteiger partial charge in [-0.25, -0.2) is 9.37 Å². The number of nitrogens with zero attached hydrogens (tertiary/aromatic N) is 4. The Labute approximate surface area is 215 Å². The highest BCUT2D eigenvalue weighted by Crippen LogP contribution is 2.32. The number of ether oxygens (including phenoxy) is 1. The van der Waals surface area contributed by atoms with E-state index in [-0.39, 0.29) is 11.8 Å². The molecule has 0 atom stereocenters. The van der Waals surface area contributed by atoms with Crippen molar-refractivity contribution in [2.45, 2.75) is 33.2 Å². The van der Waals surface area contributed by atoms with Crippen LogP contribution in [0.2, 0.25) is 0 Å². The molecule has 0 bridgehead atoms. The summed E-state index contributed by atoms with van der Waals surface area (Å²) >= 11 is 0. The van der Waals surface area contributed by atoms with Crippen LogP contribution < -0.4 is 15.4 Å². The molecule has 194 valence electrons. The Morgan fingerprint density at radius 1 is 0.974 bits per heavy atom. The Morgan fingerprint density at radius 3 is 2.42 bits per heavy atom. The number of benzene rings is 3. The molecule has 0 saturated heterocycles. The fourth-order valence-corrected chi connectivity index (χ4v) is 4.19. The third-order valence-corrected chi connectivity index (χ3v) is 5.76.